The van der Waals surface area contributed by atoms with E-state index in [0.29, 0.717) is 4.90 Å². The second-order valence-electron chi connectivity index (χ2n) is 8.11. The first-order valence-corrected chi connectivity index (χ1v) is 11.3. The maximum Gasteiger partial charge on any atom is 0.407 e. The molecule has 0 aliphatic carbocycles. The number of carboxylic acid groups (broad SMARTS) is 3. The summed E-state index contributed by atoms with van der Waals surface area (Å²) in [5.41, 5.74) is 0.790. The molecule has 200 valence electrons. The van der Waals surface area contributed by atoms with Gasteiger partial charge >= 0.3 is 30.0 Å². The Balaban J connectivity index is 1.95. The van der Waals surface area contributed by atoms with Gasteiger partial charge in [-0.05, 0) is 31.2 Å². The molecule has 1 aliphatic heterocycles. The lowest BCUT2D eigenvalue weighted by molar-refractivity contribution is -0.158. The van der Waals surface area contributed by atoms with Gasteiger partial charge in [-0.3, -0.25) is 14.4 Å². The summed E-state index contributed by atoms with van der Waals surface area (Å²) in [4.78, 5) is 84.3. The van der Waals surface area contributed by atoms with Crippen molar-refractivity contribution < 1.29 is 53.6 Å². The van der Waals surface area contributed by atoms with E-state index in [1.807, 2.05) is 6.07 Å². The van der Waals surface area contributed by atoms with Gasteiger partial charge in [-0.2, -0.15) is 0 Å². The lowest BCUT2D eigenvalue weighted by Crippen LogP contribution is -2.63. The van der Waals surface area contributed by atoms with Crippen molar-refractivity contribution in [3.63, 3.8) is 0 Å². The zero-order valence-electron chi connectivity index (χ0n) is 19.7. The number of hydrogen-bond acceptors (Lipinski definition) is 8. The molecule has 0 bridgehead atoms. The van der Waals surface area contributed by atoms with E-state index in [1.165, 1.54) is 0 Å². The average molecular weight is 521 g/mol. The zero-order chi connectivity index (χ0) is 27.5. The quantitative estimate of drug-likeness (QED) is 0.201. The summed E-state index contributed by atoms with van der Waals surface area (Å²) in [5.74, 6) is -6.86. The lowest BCUT2D eigenvalue weighted by atomic mass is 10.0. The number of ether oxygens (including phenoxy) is 1. The van der Waals surface area contributed by atoms with E-state index < -0.39 is 73.2 Å². The second kappa shape index (κ2) is 13.6. The highest BCUT2D eigenvalue weighted by Crippen LogP contribution is 2.23. The first-order chi connectivity index (χ1) is 17.5. The summed E-state index contributed by atoms with van der Waals surface area (Å²) >= 11 is 0. The van der Waals surface area contributed by atoms with Gasteiger partial charge in [0, 0.05) is 13.0 Å². The molecule has 1 aromatic carbocycles. The SMILES string of the molecule is O=C(O)CCC(C(=O)O)N1C(=O)CC(=O)N([C@@H](CCCCNC(=O)OCc2ccccc2)C(=O)O)C1=O. The van der Waals surface area contributed by atoms with Crippen molar-refractivity contribution in [2.75, 3.05) is 6.54 Å². The van der Waals surface area contributed by atoms with E-state index in [9.17, 15) is 43.8 Å². The van der Waals surface area contributed by atoms with Gasteiger partial charge in [0.1, 0.15) is 25.1 Å². The fraction of sp³-hybridized carbons (Fsp3) is 0.435. The molecule has 14 nitrogen and oxygen atoms in total. The van der Waals surface area contributed by atoms with Crippen molar-refractivity contribution in [2.45, 2.75) is 57.2 Å². The van der Waals surface area contributed by atoms with Gasteiger partial charge in [0.15, 0.2) is 0 Å². The van der Waals surface area contributed by atoms with Crippen LogP contribution in [0.3, 0.4) is 0 Å². The fourth-order valence-electron chi connectivity index (χ4n) is 3.66. The van der Waals surface area contributed by atoms with Crippen LogP contribution < -0.4 is 5.32 Å². The molecule has 14 heteroatoms. The number of aliphatic carboxylic acids is 3. The molecule has 5 amide bonds. The van der Waals surface area contributed by atoms with Crippen molar-refractivity contribution in [3.8, 4) is 0 Å². The molecule has 1 aliphatic rings. The molecule has 1 saturated heterocycles. The van der Waals surface area contributed by atoms with Gasteiger partial charge < -0.3 is 25.4 Å². The maximum atomic E-state index is 12.9. The normalized spacial score (nSPS) is 15.2. The molecule has 1 fully saturated rings. The number of alkyl carbamates (subject to hydrolysis) is 1. The smallest absolute Gasteiger partial charge is 0.407 e. The van der Waals surface area contributed by atoms with Crippen molar-refractivity contribution >= 4 is 41.8 Å². The Morgan fingerprint density at radius 1 is 0.865 bits per heavy atom. The Labute approximate surface area is 210 Å². The topological polar surface area (TPSA) is 208 Å². The molecule has 0 radical (unpaired) electrons. The number of rotatable bonds is 14. The Morgan fingerprint density at radius 3 is 1.97 bits per heavy atom. The van der Waals surface area contributed by atoms with Crippen LogP contribution in [0.1, 0.15) is 44.1 Å². The monoisotopic (exact) mass is 521 g/mol. The minimum atomic E-state index is -1.88. The van der Waals surface area contributed by atoms with Crippen LogP contribution in [0.25, 0.3) is 0 Å². The van der Waals surface area contributed by atoms with Crippen LogP contribution in [-0.2, 0) is 35.3 Å². The molecule has 1 aromatic rings. The molecule has 0 saturated carbocycles. The van der Waals surface area contributed by atoms with Gasteiger partial charge in [0.25, 0.3) is 0 Å². The second-order valence-corrected chi connectivity index (χ2v) is 8.11. The van der Waals surface area contributed by atoms with E-state index in [1.54, 1.807) is 24.3 Å². The molecule has 1 unspecified atom stereocenters. The number of unbranched alkanes of at least 4 members (excludes halogenated alkanes) is 1. The number of carbonyl (C=O) groups is 7. The van der Waals surface area contributed by atoms with Crippen LogP contribution in [0.15, 0.2) is 30.3 Å². The molecule has 37 heavy (non-hydrogen) atoms. The predicted octanol–water partition coefficient (Wildman–Crippen LogP) is 1.04. The molecule has 2 rings (SSSR count). The summed E-state index contributed by atoms with van der Waals surface area (Å²) < 4.78 is 5.05. The molecule has 4 N–H and O–H groups in total. The Hall–Kier alpha value is -4.49. The summed E-state index contributed by atoms with van der Waals surface area (Å²) in [6, 6.07) is 3.94. The van der Waals surface area contributed by atoms with Gasteiger partial charge in [0.05, 0.1) is 0 Å². The number of urea groups is 1. The zero-order valence-corrected chi connectivity index (χ0v) is 19.7. The standard InChI is InChI=1S/C23H27N3O11/c27-17-12-18(28)26(16(21(33)34)9-10-19(29)30)23(36)25(17)15(20(31)32)8-4-5-11-24-22(35)37-13-14-6-2-1-3-7-14/h1-3,6-7,15-16H,4-5,8-13H2,(H,24,35)(H,29,30)(H,31,32)(H,33,34)/t15-,16?/m0/s1. The van der Waals surface area contributed by atoms with E-state index in [-0.39, 0.29) is 37.3 Å². The number of nitrogens with zero attached hydrogens (tertiary/aromatic N) is 2. The lowest BCUT2D eigenvalue weighted by Gasteiger charge is -2.38. The van der Waals surface area contributed by atoms with Gasteiger partial charge in [-0.15, -0.1) is 0 Å². The third-order valence-electron chi connectivity index (χ3n) is 5.46. The number of carboxylic acids is 3. The van der Waals surface area contributed by atoms with Gasteiger partial charge in [-0.1, -0.05) is 30.3 Å². The fourth-order valence-corrected chi connectivity index (χ4v) is 3.66. The molecule has 0 spiro atoms. The van der Waals surface area contributed by atoms with Crippen LogP contribution >= 0.6 is 0 Å². The highest BCUT2D eigenvalue weighted by molar-refractivity contribution is 6.16. The van der Waals surface area contributed by atoms with E-state index in [0.717, 1.165) is 5.56 Å². The van der Waals surface area contributed by atoms with Crippen LogP contribution in [0.2, 0.25) is 0 Å². The Bertz CT molecular complexity index is 1040. The number of hydrogen-bond donors (Lipinski definition) is 4. The van der Waals surface area contributed by atoms with Crippen LogP contribution in [0.5, 0.6) is 0 Å². The predicted molar refractivity (Wildman–Crippen MR) is 122 cm³/mol. The summed E-state index contributed by atoms with van der Waals surface area (Å²) in [7, 11) is 0. The van der Waals surface area contributed by atoms with Crippen LogP contribution in [0.4, 0.5) is 9.59 Å². The summed E-state index contributed by atoms with van der Waals surface area (Å²) in [6.07, 6.45) is -2.75. The summed E-state index contributed by atoms with van der Waals surface area (Å²) in [6.45, 7) is 0.175. The number of barbiturate groups is 1. The van der Waals surface area contributed by atoms with Crippen molar-refractivity contribution in [3.05, 3.63) is 35.9 Å². The molecular formula is C23H27N3O11. The van der Waals surface area contributed by atoms with Crippen LogP contribution in [0, 0.1) is 0 Å². The minimum Gasteiger partial charge on any atom is -0.481 e. The van der Waals surface area contributed by atoms with Crippen molar-refractivity contribution in [2.24, 2.45) is 0 Å². The third kappa shape index (κ3) is 8.30. The summed E-state index contributed by atoms with van der Waals surface area (Å²) in [5, 5.41) is 30.4. The van der Waals surface area contributed by atoms with Crippen LogP contribution in [-0.4, -0.2) is 85.6 Å². The first kappa shape index (κ1) is 28.7. The van der Waals surface area contributed by atoms with E-state index in [4.69, 9.17) is 9.84 Å². The Morgan fingerprint density at radius 2 is 1.43 bits per heavy atom. The Kier molecular flexibility index (Phi) is 10.5. The maximum absolute atomic E-state index is 12.9. The van der Waals surface area contributed by atoms with E-state index in [2.05, 4.69) is 5.32 Å². The van der Waals surface area contributed by atoms with Crippen molar-refractivity contribution in [1.29, 1.82) is 0 Å². The number of benzene rings is 1. The van der Waals surface area contributed by atoms with Crippen molar-refractivity contribution in [1.82, 2.24) is 15.1 Å². The number of amides is 5. The van der Waals surface area contributed by atoms with Gasteiger partial charge in [0.2, 0.25) is 11.8 Å². The largest absolute Gasteiger partial charge is 0.481 e. The molecule has 1 heterocycles. The molecular weight excluding hydrogens is 494 g/mol. The van der Waals surface area contributed by atoms with Gasteiger partial charge in [-0.25, -0.2) is 29.0 Å². The molecule has 0 aromatic heterocycles. The number of nitrogens with one attached hydrogen (secondary N) is 1. The average Bonchev–Trinajstić information content (AvgIpc) is 2.83. The van der Waals surface area contributed by atoms with E-state index >= 15 is 0 Å². The highest BCUT2D eigenvalue weighted by atomic mass is 16.5. The molecule has 2 atom stereocenters. The highest BCUT2D eigenvalue weighted by Gasteiger charge is 2.48. The number of carbonyl (C=O) groups excluding carboxylic acids is 4. The number of imide groups is 2. The third-order valence-corrected chi connectivity index (χ3v) is 5.46. The minimum absolute atomic E-state index is 0.0615. The first-order valence-electron chi connectivity index (χ1n) is 11.3.